The van der Waals surface area contributed by atoms with Crippen molar-refractivity contribution in [3.8, 4) is 22.5 Å². The lowest BCUT2D eigenvalue weighted by Crippen LogP contribution is -1.96. The molecular formula is C15H14BrN5. The van der Waals surface area contributed by atoms with Crippen LogP contribution in [0.2, 0.25) is 0 Å². The average Bonchev–Trinajstić information content (AvgIpc) is 2.93. The van der Waals surface area contributed by atoms with E-state index in [1.807, 2.05) is 50.8 Å². The van der Waals surface area contributed by atoms with Crippen LogP contribution in [0, 0.1) is 0 Å². The quantitative estimate of drug-likeness (QED) is 0.792. The molecule has 0 amide bonds. The van der Waals surface area contributed by atoms with Gasteiger partial charge in [-0.1, -0.05) is 0 Å². The Bertz CT molecular complexity index is 781. The van der Waals surface area contributed by atoms with Gasteiger partial charge >= 0.3 is 0 Å². The number of halogens is 1. The van der Waals surface area contributed by atoms with Crippen molar-refractivity contribution < 1.29 is 0 Å². The lowest BCUT2D eigenvalue weighted by atomic mass is 10.1. The number of nitrogens with zero attached hydrogens (tertiary/aromatic N) is 4. The van der Waals surface area contributed by atoms with Crippen molar-refractivity contribution in [2.24, 2.45) is 7.05 Å². The Hall–Kier alpha value is -2.21. The Balaban J connectivity index is 2.13. The lowest BCUT2D eigenvalue weighted by Gasteiger charge is -2.08. The zero-order valence-corrected chi connectivity index (χ0v) is 13.3. The van der Waals surface area contributed by atoms with Gasteiger partial charge in [-0.15, -0.1) is 0 Å². The second kappa shape index (κ2) is 5.65. The molecule has 3 aromatic rings. The minimum absolute atomic E-state index is 0.799. The molecular weight excluding hydrogens is 330 g/mol. The van der Waals surface area contributed by atoms with Crippen LogP contribution in [-0.2, 0) is 7.05 Å². The molecule has 1 N–H and O–H groups in total. The Kier molecular flexibility index (Phi) is 3.70. The Morgan fingerprint density at radius 2 is 1.95 bits per heavy atom. The fourth-order valence-corrected chi connectivity index (χ4v) is 2.44. The Labute approximate surface area is 131 Å². The lowest BCUT2D eigenvalue weighted by molar-refractivity contribution is 0.770. The maximum absolute atomic E-state index is 4.56. The highest BCUT2D eigenvalue weighted by atomic mass is 79.9. The zero-order valence-electron chi connectivity index (χ0n) is 11.7. The summed E-state index contributed by atoms with van der Waals surface area (Å²) < 4.78 is 2.71. The van der Waals surface area contributed by atoms with E-state index >= 15 is 0 Å². The van der Waals surface area contributed by atoms with Gasteiger partial charge < -0.3 is 5.32 Å². The third-order valence-corrected chi connectivity index (χ3v) is 3.53. The summed E-state index contributed by atoms with van der Waals surface area (Å²) in [6.07, 6.45) is 5.51. The minimum atomic E-state index is 0.799. The van der Waals surface area contributed by atoms with Crippen molar-refractivity contribution in [2.75, 3.05) is 12.4 Å². The van der Waals surface area contributed by atoms with Crippen LogP contribution in [0.5, 0.6) is 0 Å². The molecule has 5 nitrogen and oxygen atoms in total. The van der Waals surface area contributed by atoms with Crippen molar-refractivity contribution in [1.82, 2.24) is 19.7 Å². The van der Waals surface area contributed by atoms with Crippen molar-refractivity contribution in [3.63, 3.8) is 0 Å². The zero-order chi connectivity index (χ0) is 14.8. The molecule has 0 spiro atoms. The predicted octanol–water partition coefficient (Wildman–Crippen LogP) is 3.35. The number of anilines is 1. The second-order valence-electron chi connectivity index (χ2n) is 4.64. The van der Waals surface area contributed by atoms with E-state index in [9.17, 15) is 0 Å². The summed E-state index contributed by atoms with van der Waals surface area (Å²) in [4.78, 5) is 8.78. The monoisotopic (exact) mass is 343 g/mol. The maximum atomic E-state index is 4.56. The summed E-state index contributed by atoms with van der Waals surface area (Å²) >= 11 is 3.45. The molecule has 0 fully saturated rings. The van der Waals surface area contributed by atoms with Crippen LogP contribution in [0.3, 0.4) is 0 Å². The highest BCUT2D eigenvalue weighted by Crippen LogP contribution is 2.27. The van der Waals surface area contributed by atoms with Crippen LogP contribution in [-0.4, -0.2) is 26.8 Å². The first kappa shape index (κ1) is 13.8. The van der Waals surface area contributed by atoms with Crippen molar-refractivity contribution in [1.29, 1.82) is 0 Å². The van der Waals surface area contributed by atoms with Gasteiger partial charge in [0, 0.05) is 42.7 Å². The number of hydrogen-bond acceptors (Lipinski definition) is 4. The first-order valence-electron chi connectivity index (χ1n) is 6.46. The van der Waals surface area contributed by atoms with Gasteiger partial charge in [-0.3, -0.25) is 9.67 Å². The molecule has 0 unspecified atom stereocenters. The van der Waals surface area contributed by atoms with E-state index < -0.39 is 0 Å². The number of hydrogen-bond donors (Lipinski definition) is 1. The standard InChI is InChI=1S/C15H14BrN5/c1-17-15-7-10(11-5-12(16)9-18-8-11)6-14(19-15)13-3-4-21(2)20-13/h3-9H,1-2H3,(H,17,19). The third-order valence-electron chi connectivity index (χ3n) is 3.10. The van der Waals surface area contributed by atoms with Gasteiger partial charge in [0.2, 0.25) is 0 Å². The molecule has 0 aliphatic heterocycles. The van der Waals surface area contributed by atoms with Gasteiger partial charge in [-0.25, -0.2) is 4.98 Å². The maximum Gasteiger partial charge on any atom is 0.127 e. The van der Waals surface area contributed by atoms with E-state index in [1.165, 1.54) is 0 Å². The highest BCUT2D eigenvalue weighted by molar-refractivity contribution is 9.10. The molecule has 3 rings (SSSR count). The normalized spacial score (nSPS) is 10.6. The molecule has 0 saturated carbocycles. The van der Waals surface area contributed by atoms with E-state index in [1.54, 1.807) is 10.9 Å². The van der Waals surface area contributed by atoms with Crippen molar-refractivity contribution >= 4 is 21.7 Å². The molecule has 21 heavy (non-hydrogen) atoms. The van der Waals surface area contributed by atoms with Crippen LogP contribution in [0.25, 0.3) is 22.5 Å². The Morgan fingerprint density at radius 3 is 2.62 bits per heavy atom. The summed E-state index contributed by atoms with van der Waals surface area (Å²) in [5.74, 6) is 0.799. The number of aromatic nitrogens is 4. The van der Waals surface area contributed by atoms with Crippen LogP contribution in [0.1, 0.15) is 0 Å². The topological polar surface area (TPSA) is 55.6 Å². The average molecular weight is 344 g/mol. The predicted molar refractivity (Wildman–Crippen MR) is 86.9 cm³/mol. The fraction of sp³-hybridized carbons (Fsp3) is 0.133. The first-order chi connectivity index (χ1) is 10.2. The van der Waals surface area contributed by atoms with Gasteiger partial charge in [0.05, 0.1) is 5.69 Å². The molecule has 0 aromatic carbocycles. The SMILES string of the molecule is CNc1cc(-c2cncc(Br)c2)cc(-c2ccn(C)n2)n1. The van der Waals surface area contributed by atoms with E-state index in [0.717, 1.165) is 32.8 Å². The summed E-state index contributed by atoms with van der Waals surface area (Å²) in [5, 5.41) is 7.50. The first-order valence-corrected chi connectivity index (χ1v) is 7.26. The van der Waals surface area contributed by atoms with Gasteiger partial charge in [0.25, 0.3) is 0 Å². The molecule has 106 valence electrons. The second-order valence-corrected chi connectivity index (χ2v) is 5.56. The number of nitrogens with one attached hydrogen (secondary N) is 1. The largest absolute Gasteiger partial charge is 0.373 e. The summed E-state index contributed by atoms with van der Waals surface area (Å²) in [6.45, 7) is 0. The molecule has 0 aliphatic rings. The number of aryl methyl sites for hydroxylation is 1. The summed E-state index contributed by atoms with van der Waals surface area (Å²) in [6, 6.07) is 8.00. The fourth-order valence-electron chi connectivity index (χ4n) is 2.08. The van der Waals surface area contributed by atoms with Gasteiger partial charge in [0.1, 0.15) is 11.5 Å². The molecule has 0 aliphatic carbocycles. The molecule has 0 saturated heterocycles. The van der Waals surface area contributed by atoms with E-state index in [4.69, 9.17) is 0 Å². The molecule has 3 heterocycles. The molecule has 0 atom stereocenters. The van der Waals surface area contributed by atoms with Gasteiger partial charge in [0.15, 0.2) is 0 Å². The summed E-state index contributed by atoms with van der Waals surface area (Å²) in [5.41, 5.74) is 3.75. The highest BCUT2D eigenvalue weighted by Gasteiger charge is 2.09. The van der Waals surface area contributed by atoms with Gasteiger partial charge in [-0.2, -0.15) is 5.10 Å². The van der Waals surface area contributed by atoms with Crippen LogP contribution in [0.15, 0.2) is 47.3 Å². The van der Waals surface area contributed by atoms with Crippen LogP contribution < -0.4 is 5.32 Å². The number of pyridine rings is 2. The summed E-state index contributed by atoms with van der Waals surface area (Å²) in [7, 11) is 3.75. The van der Waals surface area contributed by atoms with E-state index in [2.05, 4.69) is 36.3 Å². The molecule has 0 bridgehead atoms. The molecule has 0 radical (unpaired) electrons. The van der Waals surface area contributed by atoms with Gasteiger partial charge in [-0.05, 0) is 45.8 Å². The van der Waals surface area contributed by atoms with Crippen LogP contribution in [0.4, 0.5) is 5.82 Å². The molecule has 6 heteroatoms. The van der Waals surface area contributed by atoms with E-state index in [0.29, 0.717) is 0 Å². The van der Waals surface area contributed by atoms with Crippen molar-refractivity contribution in [2.45, 2.75) is 0 Å². The number of rotatable bonds is 3. The van der Waals surface area contributed by atoms with Crippen LogP contribution >= 0.6 is 15.9 Å². The Morgan fingerprint density at radius 1 is 1.10 bits per heavy atom. The van der Waals surface area contributed by atoms with E-state index in [-0.39, 0.29) is 0 Å². The van der Waals surface area contributed by atoms with Crippen molar-refractivity contribution in [3.05, 3.63) is 47.3 Å². The minimum Gasteiger partial charge on any atom is -0.373 e. The smallest absolute Gasteiger partial charge is 0.127 e. The molecule has 3 aromatic heterocycles. The third kappa shape index (κ3) is 2.95.